The number of halogens is 1. The molecule has 0 fully saturated rings. The lowest BCUT2D eigenvalue weighted by Crippen LogP contribution is -2.43. The maximum Gasteiger partial charge on any atom is 0.232 e. The minimum Gasteiger partial charge on any atom is -0.469 e. The lowest BCUT2D eigenvalue weighted by atomic mass is 9.83. The summed E-state index contributed by atoms with van der Waals surface area (Å²) in [6, 6.07) is 9.98. The van der Waals surface area contributed by atoms with Crippen molar-refractivity contribution in [2.24, 2.45) is 0 Å². The van der Waals surface area contributed by atoms with Crippen molar-refractivity contribution in [3.8, 4) is 0 Å². The summed E-state index contributed by atoms with van der Waals surface area (Å²) in [6.45, 7) is 5.42. The van der Waals surface area contributed by atoms with Crippen LogP contribution in [0.3, 0.4) is 0 Å². The van der Waals surface area contributed by atoms with Crippen LogP contribution in [0.2, 0.25) is 0 Å². The van der Waals surface area contributed by atoms with Crippen molar-refractivity contribution in [1.29, 1.82) is 0 Å². The minimum atomic E-state index is -0.544. The third-order valence-electron chi connectivity index (χ3n) is 4.40. The highest BCUT2D eigenvalue weighted by atomic mass is 79.9. The maximum absolute atomic E-state index is 13.1. The summed E-state index contributed by atoms with van der Waals surface area (Å²) in [5.74, 6) is 1.19. The summed E-state index contributed by atoms with van der Waals surface area (Å²) < 4.78 is 6.50. The molecule has 0 atom stereocenters. The quantitative estimate of drug-likeness (QED) is 0.798. The molecule has 1 aromatic carbocycles. The zero-order chi connectivity index (χ0) is 15.7. The van der Waals surface area contributed by atoms with Crippen molar-refractivity contribution < 1.29 is 9.21 Å². The Bertz CT molecular complexity index is 690. The molecular formula is C18H20BrNO2. The highest BCUT2D eigenvalue weighted by Crippen LogP contribution is 2.30. The average Bonchev–Trinajstić information content (AvgIpc) is 2.83. The number of amides is 1. The molecule has 1 amide bonds. The molecule has 22 heavy (non-hydrogen) atoms. The molecule has 0 bridgehead atoms. The van der Waals surface area contributed by atoms with Gasteiger partial charge in [-0.3, -0.25) is 4.79 Å². The summed E-state index contributed by atoms with van der Waals surface area (Å²) in [7, 11) is 0. The fourth-order valence-corrected chi connectivity index (χ4v) is 3.41. The fraction of sp³-hybridized carbons (Fsp3) is 0.389. The van der Waals surface area contributed by atoms with Gasteiger partial charge in [0, 0.05) is 29.5 Å². The van der Waals surface area contributed by atoms with Crippen LogP contribution in [0, 0.1) is 0 Å². The van der Waals surface area contributed by atoms with Gasteiger partial charge < -0.3 is 9.32 Å². The van der Waals surface area contributed by atoms with Crippen LogP contribution in [0.1, 0.15) is 37.2 Å². The topological polar surface area (TPSA) is 33.5 Å². The van der Waals surface area contributed by atoms with Gasteiger partial charge in [0.25, 0.3) is 0 Å². The molecule has 1 aliphatic heterocycles. The van der Waals surface area contributed by atoms with Crippen LogP contribution in [0.4, 0.5) is 0 Å². The van der Waals surface area contributed by atoms with E-state index >= 15 is 0 Å². The SMILES string of the molecule is CC(C)(C(=O)N1CCCc2occc2C1)c1cccc(Br)c1. The van der Waals surface area contributed by atoms with E-state index in [1.54, 1.807) is 6.26 Å². The van der Waals surface area contributed by atoms with Gasteiger partial charge >= 0.3 is 0 Å². The highest BCUT2D eigenvalue weighted by Gasteiger charge is 2.35. The zero-order valence-electron chi connectivity index (χ0n) is 12.9. The van der Waals surface area contributed by atoms with E-state index in [2.05, 4.69) is 15.9 Å². The molecule has 1 aliphatic rings. The number of furan rings is 1. The molecule has 0 radical (unpaired) electrons. The third kappa shape index (κ3) is 2.84. The Hall–Kier alpha value is -1.55. The van der Waals surface area contributed by atoms with Crippen LogP contribution in [0.5, 0.6) is 0 Å². The number of aryl methyl sites for hydroxylation is 1. The smallest absolute Gasteiger partial charge is 0.232 e. The number of benzene rings is 1. The molecule has 0 saturated carbocycles. The molecule has 1 aromatic heterocycles. The number of hydrogen-bond acceptors (Lipinski definition) is 2. The van der Waals surface area contributed by atoms with Crippen molar-refractivity contribution in [3.05, 3.63) is 58.0 Å². The third-order valence-corrected chi connectivity index (χ3v) is 4.89. The maximum atomic E-state index is 13.1. The van der Waals surface area contributed by atoms with E-state index in [1.165, 1.54) is 0 Å². The van der Waals surface area contributed by atoms with E-state index in [-0.39, 0.29) is 5.91 Å². The molecule has 0 N–H and O–H groups in total. The number of fused-ring (bicyclic) bond motifs is 1. The van der Waals surface area contributed by atoms with E-state index in [1.807, 2.05) is 49.1 Å². The van der Waals surface area contributed by atoms with E-state index < -0.39 is 5.41 Å². The number of nitrogens with zero attached hydrogens (tertiary/aromatic N) is 1. The van der Waals surface area contributed by atoms with Gasteiger partial charge in [-0.05, 0) is 44.0 Å². The molecule has 3 nitrogen and oxygen atoms in total. The van der Waals surface area contributed by atoms with Crippen LogP contribution in [-0.2, 0) is 23.2 Å². The van der Waals surface area contributed by atoms with Crippen LogP contribution >= 0.6 is 15.9 Å². The van der Waals surface area contributed by atoms with E-state index in [4.69, 9.17) is 4.42 Å². The van der Waals surface area contributed by atoms with Crippen molar-refractivity contribution in [3.63, 3.8) is 0 Å². The standard InChI is InChI=1S/C18H20BrNO2/c1-18(2,14-5-3-6-15(19)11-14)17(21)20-9-4-7-16-13(12-20)8-10-22-16/h3,5-6,8,10-11H,4,7,9,12H2,1-2H3. The van der Waals surface area contributed by atoms with Gasteiger partial charge in [-0.2, -0.15) is 0 Å². The number of carbonyl (C=O) groups excluding carboxylic acids is 1. The largest absolute Gasteiger partial charge is 0.469 e. The number of hydrogen-bond donors (Lipinski definition) is 0. The highest BCUT2D eigenvalue weighted by molar-refractivity contribution is 9.10. The molecule has 0 saturated heterocycles. The first-order valence-corrected chi connectivity index (χ1v) is 8.38. The van der Waals surface area contributed by atoms with Gasteiger partial charge in [0.05, 0.1) is 11.7 Å². The normalized spacial score (nSPS) is 15.3. The van der Waals surface area contributed by atoms with E-state index in [9.17, 15) is 4.79 Å². The predicted octanol–water partition coefficient (Wildman–Crippen LogP) is 4.29. The summed E-state index contributed by atoms with van der Waals surface area (Å²) in [4.78, 5) is 15.1. The second-order valence-electron chi connectivity index (χ2n) is 6.33. The summed E-state index contributed by atoms with van der Waals surface area (Å²) in [5.41, 5.74) is 1.62. The first kappa shape index (κ1) is 15.3. The van der Waals surface area contributed by atoms with Gasteiger partial charge in [0.1, 0.15) is 5.76 Å². The fourth-order valence-electron chi connectivity index (χ4n) is 3.01. The van der Waals surface area contributed by atoms with Crippen LogP contribution in [0.15, 0.2) is 45.5 Å². The molecular weight excluding hydrogens is 342 g/mol. The Morgan fingerprint density at radius 2 is 2.14 bits per heavy atom. The Kier molecular flexibility index (Phi) is 4.13. The molecule has 3 rings (SSSR count). The van der Waals surface area contributed by atoms with Crippen LogP contribution in [-0.4, -0.2) is 17.4 Å². The second-order valence-corrected chi connectivity index (χ2v) is 7.25. The molecule has 0 spiro atoms. The number of carbonyl (C=O) groups is 1. The lowest BCUT2D eigenvalue weighted by molar-refractivity contribution is -0.136. The van der Waals surface area contributed by atoms with Crippen molar-refractivity contribution in [2.45, 2.75) is 38.6 Å². The van der Waals surface area contributed by atoms with Gasteiger partial charge in [-0.15, -0.1) is 0 Å². The van der Waals surface area contributed by atoms with Crippen molar-refractivity contribution in [1.82, 2.24) is 4.90 Å². The van der Waals surface area contributed by atoms with Crippen LogP contribution < -0.4 is 0 Å². The van der Waals surface area contributed by atoms with Gasteiger partial charge in [-0.1, -0.05) is 28.1 Å². The predicted molar refractivity (Wildman–Crippen MR) is 89.6 cm³/mol. The van der Waals surface area contributed by atoms with Crippen LogP contribution in [0.25, 0.3) is 0 Å². The van der Waals surface area contributed by atoms with Crippen molar-refractivity contribution >= 4 is 21.8 Å². The summed E-state index contributed by atoms with van der Waals surface area (Å²) >= 11 is 3.49. The molecule has 4 heteroatoms. The van der Waals surface area contributed by atoms with Crippen molar-refractivity contribution in [2.75, 3.05) is 6.54 Å². The Labute approximate surface area is 139 Å². The molecule has 0 aliphatic carbocycles. The van der Waals surface area contributed by atoms with E-state index in [0.717, 1.165) is 40.7 Å². The first-order valence-electron chi connectivity index (χ1n) is 7.59. The van der Waals surface area contributed by atoms with Gasteiger partial charge in [0.15, 0.2) is 0 Å². The Morgan fingerprint density at radius 1 is 1.32 bits per heavy atom. The number of rotatable bonds is 2. The molecule has 0 unspecified atom stereocenters. The Morgan fingerprint density at radius 3 is 2.91 bits per heavy atom. The zero-order valence-corrected chi connectivity index (χ0v) is 14.5. The van der Waals surface area contributed by atoms with Gasteiger partial charge in [0.2, 0.25) is 5.91 Å². The molecule has 2 heterocycles. The second kappa shape index (κ2) is 5.92. The summed E-state index contributed by atoms with van der Waals surface area (Å²) in [5, 5.41) is 0. The molecule has 116 valence electrons. The summed E-state index contributed by atoms with van der Waals surface area (Å²) in [6.07, 6.45) is 3.57. The average molecular weight is 362 g/mol. The first-order chi connectivity index (χ1) is 10.5. The Balaban J connectivity index is 1.86. The van der Waals surface area contributed by atoms with E-state index in [0.29, 0.717) is 6.54 Å². The lowest BCUT2D eigenvalue weighted by Gasteiger charge is -2.31. The minimum absolute atomic E-state index is 0.166. The monoisotopic (exact) mass is 361 g/mol. The molecule has 2 aromatic rings. The van der Waals surface area contributed by atoms with Gasteiger partial charge in [-0.25, -0.2) is 0 Å².